The molecule has 2 unspecified atom stereocenters. The number of nitrogens with zero attached hydrogens (tertiary/aromatic N) is 3. The zero-order chi connectivity index (χ0) is 23.5. The Morgan fingerprint density at radius 1 is 1.09 bits per heavy atom. The third-order valence-electron chi connectivity index (χ3n) is 9.06. The molecule has 3 heterocycles. The number of imidazole rings is 1. The van der Waals surface area contributed by atoms with E-state index in [1.165, 1.54) is 30.6 Å². The predicted octanol–water partition coefficient (Wildman–Crippen LogP) is 4.58. The first-order chi connectivity index (χ1) is 16.2. The van der Waals surface area contributed by atoms with Crippen LogP contribution in [-0.2, 0) is 25.2 Å². The summed E-state index contributed by atoms with van der Waals surface area (Å²) in [6.07, 6.45) is 4.70. The number of carbonyl (C=O) groups is 1. The number of aromatic amines is 1. The minimum atomic E-state index is -2.88. The number of halogens is 3. The number of fused-ring (bicyclic) bond motifs is 1. The number of nitrogens with one attached hydrogen (secondary N) is 1. The van der Waals surface area contributed by atoms with Crippen molar-refractivity contribution in [3.05, 3.63) is 23.7 Å². The van der Waals surface area contributed by atoms with Crippen molar-refractivity contribution in [2.75, 3.05) is 6.54 Å². The number of nitrogens with two attached hydrogens (primary N) is 1. The zero-order valence-corrected chi connectivity index (χ0v) is 20.9. The molecule has 35 heavy (non-hydrogen) atoms. The molecule has 6 aliphatic rings. The Bertz CT molecular complexity index is 1150. The van der Waals surface area contributed by atoms with Crippen LogP contribution in [0, 0.1) is 23.2 Å². The van der Waals surface area contributed by atoms with Crippen molar-refractivity contribution >= 4 is 17.1 Å². The van der Waals surface area contributed by atoms with Gasteiger partial charge in [0.15, 0.2) is 5.65 Å². The summed E-state index contributed by atoms with van der Waals surface area (Å²) in [7, 11) is 0. The second-order valence-electron chi connectivity index (χ2n) is 11.8. The van der Waals surface area contributed by atoms with Gasteiger partial charge in [0.05, 0.1) is 28.7 Å². The van der Waals surface area contributed by atoms with Gasteiger partial charge in [0.1, 0.15) is 11.5 Å². The van der Waals surface area contributed by atoms with Crippen LogP contribution in [0.25, 0.3) is 11.2 Å². The molecule has 1 amide bonds. The van der Waals surface area contributed by atoms with Crippen LogP contribution >= 0.6 is 0 Å². The summed E-state index contributed by atoms with van der Waals surface area (Å²) in [5.41, 5.74) is 6.31. The molecule has 6 fully saturated rings. The topological polar surface area (TPSA) is 87.9 Å². The molecule has 0 spiro atoms. The first kappa shape index (κ1) is 23.9. The van der Waals surface area contributed by atoms with Crippen molar-refractivity contribution < 1.29 is 38.4 Å². The third-order valence-corrected chi connectivity index (χ3v) is 9.06. The van der Waals surface area contributed by atoms with Gasteiger partial charge in [-0.1, -0.05) is 0 Å². The number of carbonyl (C=O) groups excluding carboxylic acids is 1. The molecular weight excluding hydrogens is 550 g/mol. The molecule has 5 aliphatic carbocycles. The first-order valence-electron chi connectivity index (χ1n) is 12.7. The van der Waals surface area contributed by atoms with Crippen molar-refractivity contribution in [3.8, 4) is 0 Å². The number of likely N-dealkylation sites (tertiary alicyclic amines) is 1. The number of rotatable bonds is 6. The largest absolute Gasteiger partial charge is 0.339 e. The number of piperidine rings is 1. The van der Waals surface area contributed by atoms with Crippen LogP contribution in [0.4, 0.5) is 13.2 Å². The van der Waals surface area contributed by atoms with Gasteiger partial charge < -0.3 is 15.6 Å². The Balaban J connectivity index is 0.00000229. The maximum Gasteiger partial charge on any atom is 0.252 e. The van der Waals surface area contributed by atoms with Crippen LogP contribution < -0.4 is 5.73 Å². The normalized spacial score (nSPS) is 34.2. The number of H-pyrrole nitrogens is 1. The van der Waals surface area contributed by atoms with Crippen molar-refractivity contribution in [3.63, 3.8) is 0 Å². The Morgan fingerprint density at radius 2 is 1.74 bits per heavy atom. The van der Waals surface area contributed by atoms with Gasteiger partial charge in [0.2, 0.25) is 5.91 Å². The summed E-state index contributed by atoms with van der Waals surface area (Å²) >= 11 is 0. The minimum Gasteiger partial charge on any atom is -0.339 e. The summed E-state index contributed by atoms with van der Waals surface area (Å²) in [6.45, 7) is -0.0433. The molecule has 8 rings (SSSR count). The zero-order valence-electron chi connectivity index (χ0n) is 19.4. The molecule has 1 saturated heterocycles. The number of amides is 1. The average molecular weight is 580 g/mol. The molecular formula is C25H30F3N5OPd. The Kier molecular flexibility index (Phi) is 5.29. The van der Waals surface area contributed by atoms with Gasteiger partial charge in [-0.3, -0.25) is 4.79 Å². The summed E-state index contributed by atoms with van der Waals surface area (Å²) in [4.78, 5) is 27.4. The van der Waals surface area contributed by atoms with Crippen molar-refractivity contribution in [2.45, 2.75) is 81.5 Å². The maximum atomic E-state index is 14.5. The Morgan fingerprint density at radius 3 is 2.34 bits per heavy atom. The number of hydrogen-bond acceptors (Lipinski definition) is 4. The molecule has 2 aromatic rings. The van der Waals surface area contributed by atoms with E-state index in [4.69, 9.17) is 5.73 Å². The summed E-state index contributed by atoms with van der Waals surface area (Å²) in [6, 6.07) is 2.48. The maximum absolute atomic E-state index is 14.5. The summed E-state index contributed by atoms with van der Waals surface area (Å²) < 4.78 is 43.0. The second kappa shape index (κ2) is 7.75. The fourth-order valence-corrected chi connectivity index (χ4v) is 7.02. The molecule has 3 N–H and O–H groups in total. The molecule has 5 saturated carbocycles. The van der Waals surface area contributed by atoms with Crippen molar-refractivity contribution in [1.82, 2.24) is 19.9 Å². The standard InChI is InChI=1S/C25H30F3N5O.Pd/c26-24-10-23(11-24,12-24)22(34)33-8-7-25(27,28)9-17(33)15-5-6-16-20(30-15)32-21(31-16)19(29)18(13-1-2-13)14-3-4-14;/h5-6,13-14,17-19H,1-4,7-12,29H2,(H,30,31,32);. The molecule has 0 radical (unpaired) electrons. The minimum absolute atomic E-state index is 0. The number of aromatic nitrogens is 3. The molecule has 10 heteroatoms. The van der Waals surface area contributed by atoms with Crippen LogP contribution in [0.3, 0.4) is 0 Å². The van der Waals surface area contributed by atoms with Crippen LogP contribution in [0.1, 0.15) is 81.4 Å². The second-order valence-corrected chi connectivity index (χ2v) is 11.8. The van der Waals surface area contributed by atoms with E-state index in [0.717, 1.165) is 5.52 Å². The monoisotopic (exact) mass is 579 g/mol. The van der Waals surface area contributed by atoms with Gasteiger partial charge in [0, 0.05) is 39.8 Å². The van der Waals surface area contributed by atoms with Crippen LogP contribution in [0.5, 0.6) is 0 Å². The van der Waals surface area contributed by atoms with E-state index in [9.17, 15) is 18.0 Å². The third kappa shape index (κ3) is 3.86. The molecule has 0 aromatic carbocycles. The van der Waals surface area contributed by atoms with Gasteiger partial charge >= 0.3 is 0 Å². The van der Waals surface area contributed by atoms with E-state index in [-0.39, 0.29) is 64.6 Å². The fraction of sp³-hybridized carbons (Fsp3) is 0.720. The molecule has 192 valence electrons. The van der Waals surface area contributed by atoms with E-state index < -0.39 is 29.5 Å². The average Bonchev–Trinajstić information content (AvgIpc) is 3.69. The van der Waals surface area contributed by atoms with E-state index >= 15 is 0 Å². The molecule has 6 nitrogen and oxygen atoms in total. The van der Waals surface area contributed by atoms with E-state index in [2.05, 4.69) is 15.0 Å². The fourth-order valence-electron chi connectivity index (χ4n) is 7.02. The van der Waals surface area contributed by atoms with E-state index in [0.29, 0.717) is 34.9 Å². The van der Waals surface area contributed by atoms with E-state index in [1.807, 2.05) is 0 Å². The van der Waals surface area contributed by atoms with Crippen molar-refractivity contribution in [1.29, 1.82) is 0 Å². The Hall–Kier alpha value is -1.50. The predicted molar refractivity (Wildman–Crippen MR) is 119 cm³/mol. The van der Waals surface area contributed by atoms with Gasteiger partial charge in [0.25, 0.3) is 5.92 Å². The molecule has 2 bridgehead atoms. The number of alkyl halides is 3. The van der Waals surface area contributed by atoms with Gasteiger partial charge in [-0.25, -0.2) is 23.1 Å². The quantitative estimate of drug-likeness (QED) is 0.491. The smallest absolute Gasteiger partial charge is 0.252 e. The number of pyridine rings is 1. The van der Waals surface area contributed by atoms with Gasteiger partial charge in [-0.05, 0) is 74.8 Å². The van der Waals surface area contributed by atoms with Gasteiger partial charge in [-0.2, -0.15) is 0 Å². The van der Waals surface area contributed by atoms with Crippen LogP contribution in [-0.4, -0.2) is 43.9 Å². The molecule has 2 atom stereocenters. The van der Waals surface area contributed by atoms with E-state index in [1.54, 1.807) is 12.1 Å². The van der Waals surface area contributed by atoms with Crippen LogP contribution in [0.2, 0.25) is 0 Å². The molecule has 1 aliphatic heterocycles. The Labute approximate surface area is 215 Å². The number of hydrogen-bond donors (Lipinski definition) is 2. The summed E-state index contributed by atoms with van der Waals surface area (Å²) in [5, 5.41) is 0. The first-order valence-corrected chi connectivity index (χ1v) is 12.7. The summed E-state index contributed by atoms with van der Waals surface area (Å²) in [5.74, 6) is -0.604. The SMILES string of the molecule is NC(c1nc2nc(C3CC(F)(F)CCN3C(=O)C34CC(F)(C3)C4)ccc2[nH]1)C(C1CC1)C1CC1.[Pd]. The molecule has 2 aromatic heterocycles. The van der Waals surface area contributed by atoms with Gasteiger partial charge in [-0.15, -0.1) is 0 Å². The van der Waals surface area contributed by atoms with Crippen LogP contribution in [0.15, 0.2) is 12.1 Å². The van der Waals surface area contributed by atoms with Crippen molar-refractivity contribution in [2.24, 2.45) is 28.9 Å².